The highest BCUT2D eigenvalue weighted by Crippen LogP contribution is 2.25. The molecule has 1 saturated heterocycles. The molecule has 1 atom stereocenters. The van der Waals surface area contributed by atoms with Gasteiger partial charge in [-0.2, -0.15) is 0 Å². The molecule has 15 heavy (non-hydrogen) atoms. The third-order valence-electron chi connectivity index (χ3n) is 3.06. The van der Waals surface area contributed by atoms with E-state index in [2.05, 4.69) is 23.7 Å². The van der Waals surface area contributed by atoms with Gasteiger partial charge in [0.05, 0.1) is 6.61 Å². The zero-order valence-electron chi connectivity index (χ0n) is 10.1. The minimum Gasteiger partial charge on any atom is -0.383 e. The fraction of sp³-hybridized carbons (Fsp3) is 0.833. The minimum atomic E-state index is 0.427. The van der Waals surface area contributed by atoms with Crippen molar-refractivity contribution in [3.8, 4) is 0 Å². The molecule has 88 valence electrons. The Morgan fingerprint density at radius 1 is 1.60 bits per heavy atom. The van der Waals surface area contributed by atoms with Crippen LogP contribution in [0.3, 0.4) is 0 Å². The lowest BCUT2D eigenvalue weighted by atomic mass is 9.89. The van der Waals surface area contributed by atoms with E-state index in [0.29, 0.717) is 5.41 Å². The van der Waals surface area contributed by atoms with E-state index < -0.39 is 0 Å². The van der Waals surface area contributed by atoms with Crippen LogP contribution in [0.5, 0.6) is 0 Å². The van der Waals surface area contributed by atoms with Crippen molar-refractivity contribution in [1.29, 1.82) is 0 Å². The first-order valence-electron chi connectivity index (χ1n) is 5.73. The Labute approximate surface area is 93.5 Å². The van der Waals surface area contributed by atoms with Crippen LogP contribution in [-0.4, -0.2) is 51.3 Å². The second-order valence-corrected chi connectivity index (χ2v) is 4.75. The van der Waals surface area contributed by atoms with E-state index in [1.54, 1.807) is 7.11 Å². The molecule has 0 bridgehead atoms. The second kappa shape index (κ2) is 6.26. The summed E-state index contributed by atoms with van der Waals surface area (Å²) >= 11 is 0. The Kier molecular flexibility index (Phi) is 5.29. The first-order valence-corrected chi connectivity index (χ1v) is 5.73. The van der Waals surface area contributed by atoms with E-state index >= 15 is 0 Å². The molecule has 0 aromatic rings. The van der Waals surface area contributed by atoms with Crippen LogP contribution in [0.25, 0.3) is 0 Å². The predicted molar refractivity (Wildman–Crippen MR) is 64.1 cm³/mol. The molecule has 0 aromatic heterocycles. The summed E-state index contributed by atoms with van der Waals surface area (Å²) in [5.74, 6) is 0. The summed E-state index contributed by atoms with van der Waals surface area (Å²) in [6.45, 7) is 12.3. The van der Waals surface area contributed by atoms with Gasteiger partial charge >= 0.3 is 0 Å². The Bertz CT molecular complexity index is 188. The molecule has 0 radical (unpaired) electrons. The fourth-order valence-corrected chi connectivity index (χ4v) is 2.18. The zero-order chi connectivity index (χ0) is 11.1. The van der Waals surface area contributed by atoms with E-state index in [4.69, 9.17) is 4.74 Å². The van der Waals surface area contributed by atoms with Gasteiger partial charge in [-0.3, -0.25) is 4.90 Å². The molecule has 1 unspecified atom stereocenters. The van der Waals surface area contributed by atoms with Crippen molar-refractivity contribution >= 4 is 0 Å². The number of rotatable bonds is 7. The summed E-state index contributed by atoms with van der Waals surface area (Å²) in [7, 11) is 1.75. The lowest BCUT2D eigenvalue weighted by molar-refractivity contribution is 0.126. The highest BCUT2D eigenvalue weighted by molar-refractivity contribution is 4.88. The van der Waals surface area contributed by atoms with Crippen molar-refractivity contribution in [3.05, 3.63) is 12.7 Å². The first kappa shape index (κ1) is 12.7. The summed E-state index contributed by atoms with van der Waals surface area (Å²) in [6, 6.07) is 0. The highest BCUT2D eigenvalue weighted by atomic mass is 16.5. The second-order valence-electron chi connectivity index (χ2n) is 4.75. The van der Waals surface area contributed by atoms with Crippen LogP contribution >= 0.6 is 0 Å². The summed E-state index contributed by atoms with van der Waals surface area (Å²) in [5, 5.41) is 3.43. The van der Waals surface area contributed by atoms with E-state index in [9.17, 15) is 0 Å². The van der Waals surface area contributed by atoms with Gasteiger partial charge in [0.2, 0.25) is 0 Å². The van der Waals surface area contributed by atoms with Crippen LogP contribution in [0.1, 0.15) is 13.3 Å². The average Bonchev–Trinajstić information content (AvgIpc) is 2.62. The summed E-state index contributed by atoms with van der Waals surface area (Å²) in [4.78, 5) is 2.42. The fourth-order valence-electron chi connectivity index (χ4n) is 2.18. The molecular formula is C12H24N2O. The molecule has 1 fully saturated rings. The maximum Gasteiger partial charge on any atom is 0.0589 e. The van der Waals surface area contributed by atoms with Gasteiger partial charge in [-0.15, -0.1) is 6.58 Å². The van der Waals surface area contributed by atoms with Gasteiger partial charge in [0.25, 0.3) is 0 Å². The Balaban J connectivity index is 2.37. The quantitative estimate of drug-likeness (QED) is 0.640. The maximum atomic E-state index is 5.12. The summed E-state index contributed by atoms with van der Waals surface area (Å²) in [6.07, 6.45) is 3.25. The van der Waals surface area contributed by atoms with E-state index in [0.717, 1.165) is 39.3 Å². The van der Waals surface area contributed by atoms with Gasteiger partial charge in [-0.1, -0.05) is 13.0 Å². The van der Waals surface area contributed by atoms with Crippen molar-refractivity contribution in [1.82, 2.24) is 10.2 Å². The number of nitrogens with zero attached hydrogens (tertiary/aromatic N) is 1. The van der Waals surface area contributed by atoms with Crippen molar-refractivity contribution in [3.63, 3.8) is 0 Å². The van der Waals surface area contributed by atoms with Gasteiger partial charge < -0.3 is 10.1 Å². The molecule has 1 aliphatic rings. The molecule has 0 aliphatic carbocycles. The average molecular weight is 212 g/mol. The highest BCUT2D eigenvalue weighted by Gasteiger charge is 2.30. The molecule has 1 aliphatic heterocycles. The number of methoxy groups -OCH3 is 1. The van der Waals surface area contributed by atoms with E-state index in [-0.39, 0.29) is 0 Å². The molecule has 0 amide bonds. The molecule has 1 N–H and O–H groups in total. The van der Waals surface area contributed by atoms with Crippen LogP contribution in [-0.2, 0) is 4.74 Å². The third-order valence-corrected chi connectivity index (χ3v) is 3.06. The lowest BCUT2D eigenvalue weighted by Gasteiger charge is -2.31. The van der Waals surface area contributed by atoms with Gasteiger partial charge in [0.1, 0.15) is 0 Å². The monoisotopic (exact) mass is 212 g/mol. The molecule has 1 rings (SSSR count). The van der Waals surface area contributed by atoms with Crippen LogP contribution in [0.15, 0.2) is 12.7 Å². The molecule has 0 saturated carbocycles. The van der Waals surface area contributed by atoms with Crippen LogP contribution in [0.4, 0.5) is 0 Å². The largest absolute Gasteiger partial charge is 0.383 e. The number of nitrogens with one attached hydrogen (secondary N) is 1. The molecular weight excluding hydrogens is 188 g/mol. The lowest BCUT2D eigenvalue weighted by Crippen LogP contribution is -2.39. The van der Waals surface area contributed by atoms with Crippen LogP contribution in [0.2, 0.25) is 0 Å². The number of ether oxygens (including phenoxy) is 1. The van der Waals surface area contributed by atoms with Gasteiger partial charge in [-0.05, 0) is 18.4 Å². The predicted octanol–water partition coefficient (Wildman–Crippen LogP) is 1.12. The minimum absolute atomic E-state index is 0.427. The van der Waals surface area contributed by atoms with Crippen molar-refractivity contribution < 1.29 is 4.74 Å². The van der Waals surface area contributed by atoms with Crippen LogP contribution in [0, 0.1) is 5.41 Å². The van der Waals surface area contributed by atoms with Crippen molar-refractivity contribution in [2.75, 3.05) is 46.4 Å². The summed E-state index contributed by atoms with van der Waals surface area (Å²) < 4.78 is 5.12. The Morgan fingerprint density at radius 3 is 2.93 bits per heavy atom. The normalized spacial score (nSPS) is 26.1. The molecule has 0 aromatic carbocycles. The SMILES string of the molecule is C=CCN(CCOC)CC1(C)CCNC1. The zero-order valence-corrected chi connectivity index (χ0v) is 10.1. The molecule has 3 heteroatoms. The van der Waals surface area contributed by atoms with Gasteiger partial charge in [0, 0.05) is 33.3 Å². The van der Waals surface area contributed by atoms with Gasteiger partial charge in [0.15, 0.2) is 0 Å². The molecule has 0 spiro atoms. The van der Waals surface area contributed by atoms with Crippen molar-refractivity contribution in [2.45, 2.75) is 13.3 Å². The Hall–Kier alpha value is -0.380. The topological polar surface area (TPSA) is 24.5 Å². The van der Waals surface area contributed by atoms with Gasteiger partial charge in [-0.25, -0.2) is 0 Å². The van der Waals surface area contributed by atoms with Crippen LogP contribution < -0.4 is 5.32 Å². The Morgan fingerprint density at radius 2 is 2.40 bits per heavy atom. The standard InChI is InChI=1S/C12H24N2O/c1-4-7-14(8-9-15-3)11-12(2)5-6-13-10-12/h4,13H,1,5-11H2,2-3H3. The van der Waals surface area contributed by atoms with E-state index in [1.165, 1.54) is 6.42 Å². The number of hydrogen-bond donors (Lipinski definition) is 1. The first-order chi connectivity index (χ1) is 7.20. The summed E-state index contributed by atoms with van der Waals surface area (Å²) in [5.41, 5.74) is 0.427. The molecule has 3 nitrogen and oxygen atoms in total. The van der Waals surface area contributed by atoms with E-state index in [1.807, 2.05) is 6.08 Å². The number of hydrogen-bond acceptors (Lipinski definition) is 3. The maximum absolute atomic E-state index is 5.12. The van der Waals surface area contributed by atoms with Crippen molar-refractivity contribution in [2.24, 2.45) is 5.41 Å². The molecule has 1 heterocycles. The third kappa shape index (κ3) is 4.33. The smallest absolute Gasteiger partial charge is 0.0589 e.